The van der Waals surface area contributed by atoms with Crippen LogP contribution >= 0.6 is 15.9 Å². The maximum Gasteiger partial charge on any atom is 0.0673 e. The third kappa shape index (κ3) is 4.59. The number of rotatable bonds is 4. The Labute approximate surface area is 118 Å². The number of nitrogens with zero attached hydrogens (tertiary/aromatic N) is 1. The molecule has 0 spiro atoms. The van der Waals surface area contributed by atoms with Crippen LogP contribution in [0.1, 0.15) is 13.3 Å². The number of benzene rings is 1. The zero-order valence-electron chi connectivity index (χ0n) is 10.9. The second-order valence-corrected chi connectivity index (χ2v) is 5.68. The van der Waals surface area contributed by atoms with Crippen molar-refractivity contribution in [3.8, 4) is 0 Å². The normalized spacial score (nSPS) is 21.6. The first-order chi connectivity index (χ1) is 8.74. The fourth-order valence-electron chi connectivity index (χ4n) is 2.21. The molecule has 0 bridgehead atoms. The summed E-state index contributed by atoms with van der Waals surface area (Å²) < 4.78 is 6.76. The summed E-state index contributed by atoms with van der Waals surface area (Å²) >= 11 is 3.44. The minimum Gasteiger partial charge on any atom is -0.384 e. The van der Waals surface area contributed by atoms with Gasteiger partial charge in [-0.25, -0.2) is 0 Å². The molecule has 2 rings (SSSR count). The Kier molecular flexibility index (Phi) is 5.47. The molecule has 3 nitrogen and oxygen atoms in total. The van der Waals surface area contributed by atoms with Gasteiger partial charge < -0.3 is 10.1 Å². The smallest absolute Gasteiger partial charge is 0.0673 e. The van der Waals surface area contributed by atoms with E-state index >= 15 is 0 Å². The molecule has 0 radical (unpaired) electrons. The third-order valence-corrected chi connectivity index (χ3v) is 3.67. The lowest BCUT2D eigenvalue weighted by Crippen LogP contribution is -2.34. The van der Waals surface area contributed by atoms with Crippen molar-refractivity contribution in [1.29, 1.82) is 0 Å². The van der Waals surface area contributed by atoms with Gasteiger partial charge in [0.2, 0.25) is 0 Å². The van der Waals surface area contributed by atoms with Gasteiger partial charge in [0.1, 0.15) is 0 Å². The van der Waals surface area contributed by atoms with Crippen LogP contribution in [0.5, 0.6) is 0 Å². The highest BCUT2D eigenvalue weighted by Gasteiger charge is 2.13. The Morgan fingerprint density at radius 3 is 2.94 bits per heavy atom. The average Bonchev–Trinajstić information content (AvgIpc) is 2.56. The molecule has 1 saturated heterocycles. The molecule has 1 atom stereocenters. The molecule has 0 aromatic heterocycles. The fraction of sp³-hybridized carbons (Fsp3) is 0.571. The van der Waals surface area contributed by atoms with Crippen LogP contribution in [-0.2, 0) is 4.74 Å². The van der Waals surface area contributed by atoms with E-state index in [0.29, 0.717) is 6.10 Å². The predicted molar refractivity (Wildman–Crippen MR) is 79.1 cm³/mol. The van der Waals surface area contributed by atoms with Crippen molar-refractivity contribution in [1.82, 2.24) is 4.90 Å². The molecule has 0 saturated carbocycles. The van der Waals surface area contributed by atoms with Crippen molar-refractivity contribution in [2.75, 3.05) is 38.1 Å². The molecule has 0 amide bonds. The van der Waals surface area contributed by atoms with Gasteiger partial charge in [-0.1, -0.05) is 15.9 Å². The maximum atomic E-state index is 5.64. The molecule has 1 aliphatic heterocycles. The predicted octanol–water partition coefficient (Wildman–Crippen LogP) is 2.97. The number of anilines is 1. The zero-order valence-corrected chi connectivity index (χ0v) is 12.4. The monoisotopic (exact) mass is 312 g/mol. The minimum absolute atomic E-state index is 0.361. The lowest BCUT2D eigenvalue weighted by Gasteiger charge is -2.22. The van der Waals surface area contributed by atoms with Crippen molar-refractivity contribution in [2.45, 2.75) is 19.4 Å². The van der Waals surface area contributed by atoms with E-state index in [4.69, 9.17) is 4.74 Å². The van der Waals surface area contributed by atoms with Gasteiger partial charge in [0.05, 0.1) is 6.10 Å². The van der Waals surface area contributed by atoms with E-state index in [1.54, 1.807) is 0 Å². The Bertz CT molecular complexity index is 355. The molecule has 100 valence electrons. The number of nitrogens with one attached hydrogen (secondary N) is 1. The van der Waals surface area contributed by atoms with Crippen LogP contribution in [0.3, 0.4) is 0 Å². The van der Waals surface area contributed by atoms with Crippen LogP contribution < -0.4 is 5.32 Å². The van der Waals surface area contributed by atoms with E-state index in [9.17, 15) is 0 Å². The third-order valence-electron chi connectivity index (χ3n) is 3.14. The van der Waals surface area contributed by atoms with Gasteiger partial charge in [0.25, 0.3) is 0 Å². The molecule has 1 aromatic carbocycles. The fourth-order valence-corrected chi connectivity index (χ4v) is 2.47. The second-order valence-electron chi connectivity index (χ2n) is 4.77. The molecule has 1 fully saturated rings. The van der Waals surface area contributed by atoms with E-state index in [1.807, 2.05) is 0 Å². The molecule has 1 aromatic rings. The first kappa shape index (κ1) is 13.8. The van der Waals surface area contributed by atoms with E-state index < -0.39 is 0 Å². The molecular formula is C14H21BrN2O. The highest BCUT2D eigenvalue weighted by molar-refractivity contribution is 9.10. The summed E-state index contributed by atoms with van der Waals surface area (Å²) in [7, 11) is 0. The van der Waals surface area contributed by atoms with Crippen molar-refractivity contribution in [3.63, 3.8) is 0 Å². The van der Waals surface area contributed by atoms with Gasteiger partial charge in [-0.3, -0.25) is 4.90 Å². The summed E-state index contributed by atoms with van der Waals surface area (Å²) in [6, 6.07) is 8.31. The summed E-state index contributed by atoms with van der Waals surface area (Å²) in [5.41, 5.74) is 1.18. The van der Waals surface area contributed by atoms with Gasteiger partial charge in [-0.05, 0) is 37.6 Å². The molecule has 1 heterocycles. The molecular weight excluding hydrogens is 292 g/mol. The molecule has 0 aliphatic carbocycles. The zero-order chi connectivity index (χ0) is 12.8. The van der Waals surface area contributed by atoms with Crippen molar-refractivity contribution >= 4 is 21.6 Å². The van der Waals surface area contributed by atoms with Crippen LogP contribution in [0.2, 0.25) is 0 Å². The van der Waals surface area contributed by atoms with Crippen molar-refractivity contribution in [2.24, 2.45) is 0 Å². The van der Waals surface area contributed by atoms with Crippen molar-refractivity contribution < 1.29 is 4.74 Å². The first-order valence-corrected chi connectivity index (χ1v) is 7.37. The summed E-state index contributed by atoms with van der Waals surface area (Å²) in [5.74, 6) is 0. The highest BCUT2D eigenvalue weighted by Crippen LogP contribution is 2.14. The van der Waals surface area contributed by atoms with Gasteiger partial charge in [-0.15, -0.1) is 0 Å². The molecule has 1 aliphatic rings. The van der Waals surface area contributed by atoms with E-state index in [0.717, 1.165) is 43.7 Å². The Morgan fingerprint density at radius 1 is 1.39 bits per heavy atom. The van der Waals surface area contributed by atoms with Crippen LogP contribution in [0.15, 0.2) is 28.7 Å². The van der Waals surface area contributed by atoms with Gasteiger partial charge >= 0.3 is 0 Å². The summed E-state index contributed by atoms with van der Waals surface area (Å²) in [4.78, 5) is 2.48. The SMILES string of the molecule is CC1CN(CCNc2ccc(Br)cc2)CCCO1. The number of hydrogen-bond acceptors (Lipinski definition) is 3. The van der Waals surface area contributed by atoms with Crippen LogP contribution in [0.4, 0.5) is 5.69 Å². The summed E-state index contributed by atoms with van der Waals surface area (Å²) in [6.45, 7) is 7.30. The van der Waals surface area contributed by atoms with Gasteiger partial charge in [0.15, 0.2) is 0 Å². The average molecular weight is 313 g/mol. The maximum absolute atomic E-state index is 5.64. The van der Waals surface area contributed by atoms with Crippen molar-refractivity contribution in [3.05, 3.63) is 28.7 Å². The lowest BCUT2D eigenvalue weighted by molar-refractivity contribution is 0.0683. The Morgan fingerprint density at radius 2 is 2.17 bits per heavy atom. The summed E-state index contributed by atoms with van der Waals surface area (Å²) in [6.07, 6.45) is 1.50. The van der Waals surface area contributed by atoms with E-state index in [-0.39, 0.29) is 0 Å². The summed E-state index contributed by atoms with van der Waals surface area (Å²) in [5, 5.41) is 3.45. The minimum atomic E-state index is 0.361. The number of halogens is 1. The van der Waals surface area contributed by atoms with E-state index in [1.165, 1.54) is 5.69 Å². The molecule has 18 heavy (non-hydrogen) atoms. The number of ether oxygens (including phenoxy) is 1. The standard InChI is InChI=1S/C14H21BrN2O/c1-12-11-17(8-2-10-18-12)9-7-16-14-5-3-13(15)4-6-14/h3-6,12,16H,2,7-11H2,1H3. The Hall–Kier alpha value is -0.580. The topological polar surface area (TPSA) is 24.5 Å². The van der Waals surface area contributed by atoms with E-state index in [2.05, 4.69) is 57.3 Å². The van der Waals surface area contributed by atoms with Gasteiger partial charge in [0, 0.05) is 42.9 Å². The van der Waals surface area contributed by atoms with Crippen LogP contribution in [-0.4, -0.2) is 43.8 Å². The van der Waals surface area contributed by atoms with Gasteiger partial charge in [-0.2, -0.15) is 0 Å². The molecule has 4 heteroatoms. The molecule has 1 unspecified atom stereocenters. The second kappa shape index (κ2) is 7.12. The van der Waals surface area contributed by atoms with Crippen LogP contribution in [0.25, 0.3) is 0 Å². The number of hydrogen-bond donors (Lipinski definition) is 1. The molecule has 1 N–H and O–H groups in total. The van der Waals surface area contributed by atoms with Crippen LogP contribution in [0, 0.1) is 0 Å². The quantitative estimate of drug-likeness (QED) is 0.925. The largest absolute Gasteiger partial charge is 0.384 e. The Balaban J connectivity index is 1.72. The lowest BCUT2D eigenvalue weighted by atomic mass is 10.3. The first-order valence-electron chi connectivity index (χ1n) is 6.57. The highest BCUT2D eigenvalue weighted by atomic mass is 79.9.